The number of hydrogen-bond acceptors (Lipinski definition) is 1. The summed E-state index contributed by atoms with van der Waals surface area (Å²) < 4.78 is 5.44. The number of hydrogen-bond donors (Lipinski definition) is 0. The van der Waals surface area contributed by atoms with Crippen LogP contribution in [0.1, 0.15) is 70.8 Å². The van der Waals surface area contributed by atoms with E-state index in [1.54, 1.807) is 0 Å². The first-order valence-corrected chi connectivity index (χ1v) is 9.72. The minimum absolute atomic E-state index is 0.703. The monoisotopic (exact) mass is 324 g/mol. The lowest BCUT2D eigenvalue weighted by atomic mass is 9.79. The average molecular weight is 325 g/mol. The van der Waals surface area contributed by atoms with Crippen LogP contribution in [0.15, 0.2) is 36.4 Å². The minimum atomic E-state index is 0.703. The van der Waals surface area contributed by atoms with Gasteiger partial charge < -0.3 is 4.74 Å². The highest BCUT2D eigenvalue weighted by Gasteiger charge is 2.18. The normalized spacial score (nSPS) is 20.6. The van der Waals surface area contributed by atoms with Crippen LogP contribution in [0.25, 0.3) is 0 Å². The molecular weight excluding hydrogens is 292 g/mol. The molecule has 1 aliphatic rings. The Bertz CT molecular complexity index is 536. The van der Waals surface area contributed by atoms with Crippen LogP contribution in [0, 0.1) is 23.7 Å². The van der Waals surface area contributed by atoms with Gasteiger partial charge in [-0.15, -0.1) is 0 Å². The van der Waals surface area contributed by atoms with Crippen molar-refractivity contribution < 1.29 is 4.74 Å². The number of ether oxygens (including phenoxy) is 1. The maximum absolute atomic E-state index is 5.44. The van der Waals surface area contributed by atoms with E-state index in [0.717, 1.165) is 23.1 Å². The van der Waals surface area contributed by atoms with Crippen LogP contribution in [-0.2, 0) is 0 Å². The molecule has 0 unspecified atom stereocenters. The summed E-state index contributed by atoms with van der Waals surface area (Å²) in [4.78, 5) is 0. The van der Waals surface area contributed by atoms with E-state index in [1.807, 2.05) is 31.2 Å². The maximum Gasteiger partial charge on any atom is 0.119 e. The molecule has 0 saturated heterocycles. The van der Waals surface area contributed by atoms with E-state index in [9.17, 15) is 0 Å². The van der Waals surface area contributed by atoms with Gasteiger partial charge >= 0.3 is 0 Å². The van der Waals surface area contributed by atoms with E-state index < -0.39 is 0 Å². The third-order valence-corrected chi connectivity index (χ3v) is 4.94. The number of rotatable bonds is 7. The molecule has 1 heteroatoms. The molecule has 130 valence electrons. The summed E-state index contributed by atoms with van der Waals surface area (Å²) in [6.45, 7) is 4.99. The van der Waals surface area contributed by atoms with E-state index in [1.165, 1.54) is 51.4 Å². The van der Waals surface area contributed by atoms with Crippen molar-refractivity contribution in [2.45, 2.75) is 65.2 Å². The zero-order chi connectivity index (χ0) is 17.0. The molecule has 0 amide bonds. The Morgan fingerprint density at radius 2 is 1.79 bits per heavy atom. The van der Waals surface area contributed by atoms with Gasteiger partial charge in [0.2, 0.25) is 0 Å². The van der Waals surface area contributed by atoms with Gasteiger partial charge in [-0.1, -0.05) is 50.5 Å². The molecule has 1 saturated carbocycles. The summed E-state index contributed by atoms with van der Waals surface area (Å²) in [5.41, 5.74) is 1.04. The molecule has 2 rings (SSSR count). The molecule has 0 aliphatic heterocycles. The van der Waals surface area contributed by atoms with Gasteiger partial charge in [0.05, 0.1) is 6.61 Å². The van der Waals surface area contributed by atoms with Crippen molar-refractivity contribution in [3.63, 3.8) is 0 Å². The third kappa shape index (κ3) is 6.83. The second-order valence-corrected chi connectivity index (χ2v) is 6.86. The third-order valence-electron chi connectivity index (χ3n) is 4.94. The minimum Gasteiger partial charge on any atom is -0.494 e. The summed E-state index contributed by atoms with van der Waals surface area (Å²) in [5.74, 6) is 9.02. The van der Waals surface area contributed by atoms with Crippen LogP contribution >= 0.6 is 0 Å². The van der Waals surface area contributed by atoms with E-state index in [2.05, 4.69) is 30.9 Å². The second-order valence-electron chi connectivity index (χ2n) is 6.86. The van der Waals surface area contributed by atoms with E-state index in [4.69, 9.17) is 4.74 Å². The molecule has 0 bridgehead atoms. The molecule has 0 heterocycles. The van der Waals surface area contributed by atoms with E-state index in [-0.39, 0.29) is 0 Å². The standard InChI is InChI=1S/C23H32O/c1-3-5-6-9-20-12-14-21(15-13-20)10-7-8-11-22-16-18-23(19-17-22)24-4-2/h7,10,16-21H,3-6,9,12-15H2,1-2H3/b10-7+/t20-,21-. The predicted molar refractivity (Wildman–Crippen MR) is 103 cm³/mol. The summed E-state index contributed by atoms with van der Waals surface area (Å²) in [7, 11) is 0. The fourth-order valence-electron chi connectivity index (χ4n) is 3.46. The van der Waals surface area contributed by atoms with Crippen LogP contribution in [-0.4, -0.2) is 6.61 Å². The summed E-state index contributed by atoms with van der Waals surface area (Å²) >= 11 is 0. The van der Waals surface area contributed by atoms with Crippen molar-refractivity contribution in [2.75, 3.05) is 6.61 Å². The van der Waals surface area contributed by atoms with Gasteiger partial charge in [-0.05, 0) is 74.8 Å². The zero-order valence-corrected chi connectivity index (χ0v) is 15.4. The Balaban J connectivity index is 1.71. The van der Waals surface area contributed by atoms with E-state index >= 15 is 0 Å². The van der Waals surface area contributed by atoms with Crippen molar-refractivity contribution in [3.8, 4) is 17.6 Å². The van der Waals surface area contributed by atoms with Crippen molar-refractivity contribution in [2.24, 2.45) is 11.8 Å². The lowest BCUT2D eigenvalue weighted by Gasteiger charge is -2.26. The SMILES string of the molecule is CCCCC[C@H]1CC[C@H](/C=C/C#Cc2ccc(OCC)cc2)CC1. The van der Waals surface area contributed by atoms with Gasteiger partial charge in [0.15, 0.2) is 0 Å². The molecule has 0 aromatic heterocycles. The maximum atomic E-state index is 5.44. The Morgan fingerprint density at radius 3 is 2.46 bits per heavy atom. The molecule has 1 nitrogen and oxygen atoms in total. The number of unbranched alkanes of at least 4 members (excludes halogenated alkanes) is 2. The lowest BCUT2D eigenvalue weighted by Crippen LogP contribution is -2.12. The summed E-state index contributed by atoms with van der Waals surface area (Å²) in [6.07, 6.45) is 15.5. The molecule has 1 aromatic carbocycles. The van der Waals surface area contributed by atoms with Crippen LogP contribution in [0.2, 0.25) is 0 Å². The second kappa shape index (κ2) is 11.0. The van der Waals surface area contributed by atoms with Crippen molar-refractivity contribution in [3.05, 3.63) is 42.0 Å². The molecule has 0 radical (unpaired) electrons. The predicted octanol–water partition coefficient (Wildman–Crippen LogP) is 6.38. The summed E-state index contributed by atoms with van der Waals surface area (Å²) in [5, 5.41) is 0. The molecule has 1 fully saturated rings. The van der Waals surface area contributed by atoms with Crippen molar-refractivity contribution in [1.82, 2.24) is 0 Å². The Labute approximate surface area is 148 Å². The Hall–Kier alpha value is -1.68. The highest BCUT2D eigenvalue weighted by atomic mass is 16.5. The highest BCUT2D eigenvalue weighted by molar-refractivity contribution is 5.40. The van der Waals surface area contributed by atoms with Crippen molar-refractivity contribution >= 4 is 0 Å². The Morgan fingerprint density at radius 1 is 1.04 bits per heavy atom. The molecule has 0 N–H and O–H groups in total. The van der Waals surface area contributed by atoms with Crippen LogP contribution in [0.4, 0.5) is 0 Å². The number of allylic oxidation sites excluding steroid dienone is 2. The molecule has 1 aromatic rings. The van der Waals surface area contributed by atoms with Crippen LogP contribution in [0.5, 0.6) is 5.75 Å². The van der Waals surface area contributed by atoms with Gasteiger partial charge in [0.1, 0.15) is 5.75 Å². The average Bonchev–Trinajstić information content (AvgIpc) is 2.62. The quantitative estimate of drug-likeness (QED) is 0.417. The molecular formula is C23H32O. The van der Waals surface area contributed by atoms with Gasteiger partial charge in [0, 0.05) is 5.56 Å². The lowest BCUT2D eigenvalue weighted by molar-refractivity contribution is 0.289. The molecule has 24 heavy (non-hydrogen) atoms. The Kier molecular flexibility index (Phi) is 8.53. The van der Waals surface area contributed by atoms with Gasteiger partial charge in [-0.25, -0.2) is 0 Å². The summed E-state index contributed by atoms with van der Waals surface area (Å²) in [6, 6.07) is 8.01. The largest absolute Gasteiger partial charge is 0.494 e. The van der Waals surface area contributed by atoms with E-state index in [0.29, 0.717) is 6.61 Å². The fraction of sp³-hybridized carbons (Fsp3) is 0.565. The first-order chi connectivity index (χ1) is 11.8. The topological polar surface area (TPSA) is 9.23 Å². The first-order valence-electron chi connectivity index (χ1n) is 9.72. The molecule has 1 aliphatic carbocycles. The van der Waals surface area contributed by atoms with Crippen molar-refractivity contribution in [1.29, 1.82) is 0 Å². The number of benzene rings is 1. The van der Waals surface area contributed by atoms with Crippen LogP contribution in [0.3, 0.4) is 0 Å². The zero-order valence-electron chi connectivity index (χ0n) is 15.4. The molecule has 0 spiro atoms. The van der Waals surface area contributed by atoms with Crippen LogP contribution < -0.4 is 4.74 Å². The van der Waals surface area contributed by atoms with Gasteiger partial charge in [0.25, 0.3) is 0 Å². The highest BCUT2D eigenvalue weighted by Crippen LogP contribution is 2.32. The smallest absolute Gasteiger partial charge is 0.119 e. The van der Waals surface area contributed by atoms with Gasteiger partial charge in [-0.3, -0.25) is 0 Å². The fourth-order valence-corrected chi connectivity index (χ4v) is 3.46. The first kappa shape index (κ1) is 18.7. The van der Waals surface area contributed by atoms with Gasteiger partial charge in [-0.2, -0.15) is 0 Å². The molecule has 0 atom stereocenters.